The van der Waals surface area contributed by atoms with Crippen molar-refractivity contribution in [3.8, 4) is 0 Å². The van der Waals surface area contributed by atoms with E-state index in [2.05, 4.69) is 33.9 Å². The number of rotatable bonds is 3. The third-order valence-electron chi connectivity index (χ3n) is 3.83. The average molecular weight is 258 g/mol. The van der Waals surface area contributed by atoms with Crippen molar-refractivity contribution in [1.29, 1.82) is 0 Å². The molecule has 4 heteroatoms. The van der Waals surface area contributed by atoms with E-state index in [1.807, 2.05) is 6.92 Å². The van der Waals surface area contributed by atoms with E-state index in [-0.39, 0.29) is 17.2 Å². The fraction of sp³-hybridized carbons (Fsp3) is 0.923. The zero-order valence-electron chi connectivity index (χ0n) is 12.0. The van der Waals surface area contributed by atoms with E-state index in [4.69, 9.17) is 9.16 Å². The van der Waals surface area contributed by atoms with E-state index >= 15 is 0 Å². The van der Waals surface area contributed by atoms with Crippen LogP contribution in [0.4, 0.5) is 0 Å². The summed E-state index contributed by atoms with van der Waals surface area (Å²) in [6.07, 6.45) is 1.07. The van der Waals surface area contributed by atoms with E-state index in [1.165, 1.54) is 0 Å². The van der Waals surface area contributed by atoms with Gasteiger partial charge in [0.1, 0.15) is 5.78 Å². The molecule has 1 fully saturated rings. The molecule has 0 aromatic rings. The molecule has 0 saturated carbocycles. The number of Topliss-reactive ketones (excluding diaryl/α,β-unsaturated/α-hetero) is 1. The molecule has 0 N–H and O–H groups in total. The van der Waals surface area contributed by atoms with Gasteiger partial charge in [-0.3, -0.25) is 4.79 Å². The summed E-state index contributed by atoms with van der Waals surface area (Å²) in [5.74, 6) is 0.299. The Morgan fingerprint density at radius 3 is 2.41 bits per heavy atom. The minimum atomic E-state index is -1.72. The molecule has 2 atom stereocenters. The Labute approximate surface area is 106 Å². The molecule has 0 aromatic carbocycles. The predicted octanol–water partition coefficient (Wildman–Crippen LogP) is 3.14. The van der Waals surface area contributed by atoms with Gasteiger partial charge in [0.15, 0.2) is 8.32 Å². The van der Waals surface area contributed by atoms with E-state index in [0.29, 0.717) is 25.2 Å². The minimum Gasteiger partial charge on any atom is -0.414 e. The largest absolute Gasteiger partial charge is 0.414 e. The maximum Gasteiger partial charge on any atom is 0.192 e. The van der Waals surface area contributed by atoms with E-state index in [1.54, 1.807) is 0 Å². The molecule has 1 aliphatic rings. The maximum absolute atomic E-state index is 11.5. The van der Waals surface area contributed by atoms with Gasteiger partial charge < -0.3 is 9.16 Å². The number of carbonyl (C=O) groups excluding carboxylic acids is 1. The number of carbonyl (C=O) groups is 1. The van der Waals surface area contributed by atoms with Crippen LogP contribution in [0.2, 0.25) is 18.1 Å². The standard InChI is InChI=1S/C13H26O3Si/c1-10-7-11(14)8-12(16-10)9-15-17(5,6)13(2,3)4/h10,12H,7-9H2,1-6H3/t10-,12-/m1/s1. The van der Waals surface area contributed by atoms with Gasteiger partial charge in [-0.05, 0) is 25.1 Å². The van der Waals surface area contributed by atoms with Crippen LogP contribution in [-0.2, 0) is 14.0 Å². The molecular weight excluding hydrogens is 232 g/mol. The lowest BCUT2D eigenvalue weighted by Crippen LogP contribution is -2.44. The van der Waals surface area contributed by atoms with Gasteiger partial charge in [-0.15, -0.1) is 0 Å². The highest BCUT2D eigenvalue weighted by molar-refractivity contribution is 6.74. The molecule has 0 unspecified atom stereocenters. The summed E-state index contributed by atoms with van der Waals surface area (Å²) in [7, 11) is -1.72. The van der Waals surface area contributed by atoms with Gasteiger partial charge in [0, 0.05) is 12.8 Å². The van der Waals surface area contributed by atoms with Crippen LogP contribution in [0.5, 0.6) is 0 Å². The molecule has 1 saturated heterocycles. The lowest BCUT2D eigenvalue weighted by atomic mass is 10.0. The van der Waals surface area contributed by atoms with E-state index in [9.17, 15) is 4.79 Å². The van der Waals surface area contributed by atoms with E-state index < -0.39 is 8.32 Å². The quantitative estimate of drug-likeness (QED) is 0.730. The molecule has 0 aliphatic carbocycles. The molecule has 0 bridgehead atoms. The first-order chi connectivity index (χ1) is 7.62. The summed E-state index contributed by atoms with van der Waals surface area (Å²) in [6.45, 7) is 13.6. The fourth-order valence-electron chi connectivity index (χ4n) is 1.70. The first-order valence-electron chi connectivity index (χ1n) is 6.43. The van der Waals surface area contributed by atoms with Crippen LogP contribution in [0, 0.1) is 0 Å². The zero-order chi connectivity index (χ0) is 13.3. The molecule has 0 radical (unpaired) electrons. The summed E-state index contributed by atoms with van der Waals surface area (Å²) in [5, 5.41) is 0.206. The van der Waals surface area contributed by atoms with Crippen LogP contribution < -0.4 is 0 Å². The predicted molar refractivity (Wildman–Crippen MR) is 71.7 cm³/mol. The van der Waals surface area contributed by atoms with Crippen molar-refractivity contribution in [3.63, 3.8) is 0 Å². The molecule has 1 aliphatic heterocycles. The van der Waals surface area contributed by atoms with Gasteiger partial charge in [-0.2, -0.15) is 0 Å². The van der Waals surface area contributed by atoms with Crippen LogP contribution in [0.25, 0.3) is 0 Å². The van der Waals surface area contributed by atoms with Gasteiger partial charge in [0.25, 0.3) is 0 Å². The van der Waals surface area contributed by atoms with Gasteiger partial charge in [-0.25, -0.2) is 0 Å². The van der Waals surface area contributed by atoms with Gasteiger partial charge in [0.2, 0.25) is 0 Å². The molecule has 0 aromatic heterocycles. The lowest BCUT2D eigenvalue weighted by molar-refractivity contribution is -0.136. The zero-order valence-corrected chi connectivity index (χ0v) is 13.0. The average Bonchev–Trinajstić information content (AvgIpc) is 2.11. The second kappa shape index (κ2) is 5.20. The highest BCUT2D eigenvalue weighted by atomic mass is 28.4. The number of hydrogen-bond donors (Lipinski definition) is 0. The van der Waals surface area contributed by atoms with Crippen molar-refractivity contribution in [2.45, 2.75) is 70.9 Å². The van der Waals surface area contributed by atoms with Crippen molar-refractivity contribution in [2.75, 3.05) is 6.61 Å². The van der Waals surface area contributed by atoms with Gasteiger partial charge >= 0.3 is 0 Å². The topological polar surface area (TPSA) is 35.5 Å². The van der Waals surface area contributed by atoms with Crippen molar-refractivity contribution >= 4 is 14.1 Å². The number of ether oxygens (including phenoxy) is 1. The van der Waals surface area contributed by atoms with Crippen LogP contribution in [0.3, 0.4) is 0 Å². The third kappa shape index (κ3) is 4.19. The molecule has 17 heavy (non-hydrogen) atoms. The van der Waals surface area contributed by atoms with Crippen molar-refractivity contribution in [1.82, 2.24) is 0 Å². The molecule has 1 heterocycles. The Balaban J connectivity index is 2.48. The Bertz CT molecular complexity index is 281. The van der Waals surface area contributed by atoms with E-state index in [0.717, 1.165) is 0 Å². The Morgan fingerprint density at radius 2 is 1.94 bits per heavy atom. The first-order valence-corrected chi connectivity index (χ1v) is 9.34. The van der Waals surface area contributed by atoms with Crippen LogP contribution in [0.15, 0.2) is 0 Å². The van der Waals surface area contributed by atoms with Crippen LogP contribution in [0.1, 0.15) is 40.5 Å². The molecule has 3 nitrogen and oxygen atoms in total. The summed E-state index contributed by atoms with van der Waals surface area (Å²) >= 11 is 0. The molecule has 0 amide bonds. The highest BCUT2D eigenvalue weighted by Crippen LogP contribution is 2.36. The SMILES string of the molecule is C[C@@H]1CC(=O)C[C@H](CO[Si](C)(C)C(C)(C)C)O1. The third-order valence-corrected chi connectivity index (χ3v) is 8.33. The second-order valence-corrected chi connectivity index (χ2v) is 11.4. The summed E-state index contributed by atoms with van der Waals surface area (Å²) < 4.78 is 11.8. The van der Waals surface area contributed by atoms with Crippen molar-refractivity contribution < 1.29 is 14.0 Å². The Hall–Kier alpha value is -0.193. The Kier molecular flexibility index (Phi) is 4.55. The number of hydrogen-bond acceptors (Lipinski definition) is 3. The van der Waals surface area contributed by atoms with Crippen molar-refractivity contribution in [3.05, 3.63) is 0 Å². The monoisotopic (exact) mass is 258 g/mol. The fourth-order valence-corrected chi connectivity index (χ4v) is 2.73. The molecule has 1 rings (SSSR count). The summed E-state index contributed by atoms with van der Waals surface area (Å²) in [6, 6.07) is 0. The Morgan fingerprint density at radius 1 is 1.35 bits per heavy atom. The van der Waals surface area contributed by atoms with Crippen LogP contribution >= 0.6 is 0 Å². The number of ketones is 1. The van der Waals surface area contributed by atoms with Gasteiger partial charge in [-0.1, -0.05) is 20.8 Å². The summed E-state index contributed by atoms with van der Waals surface area (Å²) in [4.78, 5) is 11.5. The first kappa shape index (κ1) is 14.9. The maximum atomic E-state index is 11.5. The summed E-state index contributed by atoms with van der Waals surface area (Å²) in [5.41, 5.74) is 0. The molecule has 100 valence electrons. The highest BCUT2D eigenvalue weighted by Gasteiger charge is 2.38. The smallest absolute Gasteiger partial charge is 0.192 e. The second-order valence-electron chi connectivity index (χ2n) is 6.59. The van der Waals surface area contributed by atoms with Gasteiger partial charge in [0.05, 0.1) is 18.8 Å². The van der Waals surface area contributed by atoms with Crippen molar-refractivity contribution in [2.24, 2.45) is 0 Å². The normalized spacial score (nSPS) is 27.3. The minimum absolute atomic E-state index is 0.0413. The van der Waals surface area contributed by atoms with Crippen LogP contribution in [-0.4, -0.2) is 32.9 Å². The molecule has 0 spiro atoms. The molecular formula is C13H26O3Si. The lowest BCUT2D eigenvalue weighted by Gasteiger charge is -2.38.